The van der Waals surface area contributed by atoms with E-state index in [4.69, 9.17) is 4.74 Å². The highest BCUT2D eigenvalue weighted by atomic mass is 32.2. The lowest BCUT2D eigenvalue weighted by Gasteiger charge is -2.07. The van der Waals surface area contributed by atoms with Crippen molar-refractivity contribution in [2.24, 2.45) is 0 Å². The number of carbonyl (C=O) groups excluding carboxylic acids is 1. The summed E-state index contributed by atoms with van der Waals surface area (Å²) in [4.78, 5) is 22.4. The van der Waals surface area contributed by atoms with Crippen LogP contribution in [0.25, 0.3) is 11.3 Å². The highest BCUT2D eigenvalue weighted by Gasteiger charge is 2.08. The number of benzene rings is 2. The van der Waals surface area contributed by atoms with Gasteiger partial charge >= 0.3 is 0 Å². The molecule has 3 rings (SSSR count). The third-order valence-corrected chi connectivity index (χ3v) is 4.73. The zero-order valence-electron chi connectivity index (χ0n) is 15.6. The number of nitrogens with one attached hydrogen (secondary N) is 1. The van der Waals surface area contributed by atoms with Crippen LogP contribution in [0.2, 0.25) is 0 Å². The standard InChI is InChI=1S/C20H18N4O4S/c1-2-28-17-9-5-15(6-10-17)21-19(25)13-29-20-12-11-18(22-23-20)14-3-7-16(8-4-14)24(26)27/h3-12H,2,13H2,1H3,(H,21,25). The molecule has 8 nitrogen and oxygen atoms in total. The van der Waals surface area contributed by atoms with Crippen molar-refractivity contribution in [2.75, 3.05) is 17.7 Å². The van der Waals surface area contributed by atoms with Crippen molar-refractivity contribution >= 4 is 29.0 Å². The van der Waals surface area contributed by atoms with Crippen LogP contribution in [0.3, 0.4) is 0 Å². The summed E-state index contributed by atoms with van der Waals surface area (Å²) in [5.74, 6) is 0.794. The molecule has 0 aliphatic carbocycles. The molecule has 1 heterocycles. The van der Waals surface area contributed by atoms with Crippen molar-refractivity contribution in [3.63, 3.8) is 0 Å². The quantitative estimate of drug-likeness (QED) is 0.337. The largest absolute Gasteiger partial charge is 0.494 e. The predicted molar refractivity (Wildman–Crippen MR) is 111 cm³/mol. The Labute approximate surface area is 171 Å². The van der Waals surface area contributed by atoms with Gasteiger partial charge in [0.15, 0.2) is 0 Å². The van der Waals surface area contributed by atoms with Gasteiger partial charge in [-0.3, -0.25) is 14.9 Å². The molecule has 1 N–H and O–H groups in total. The molecule has 0 aliphatic heterocycles. The summed E-state index contributed by atoms with van der Waals surface area (Å²) in [7, 11) is 0. The summed E-state index contributed by atoms with van der Waals surface area (Å²) < 4.78 is 5.37. The molecule has 0 atom stereocenters. The second kappa shape index (κ2) is 9.65. The maximum Gasteiger partial charge on any atom is 0.269 e. The van der Waals surface area contributed by atoms with E-state index in [0.29, 0.717) is 23.0 Å². The van der Waals surface area contributed by atoms with Gasteiger partial charge in [0.25, 0.3) is 5.69 Å². The van der Waals surface area contributed by atoms with E-state index >= 15 is 0 Å². The molecule has 0 unspecified atom stereocenters. The van der Waals surface area contributed by atoms with Gasteiger partial charge in [-0.25, -0.2) is 0 Å². The molecule has 0 fully saturated rings. The second-order valence-corrected chi connectivity index (χ2v) is 6.85. The highest BCUT2D eigenvalue weighted by Crippen LogP contribution is 2.22. The molecule has 9 heteroatoms. The summed E-state index contributed by atoms with van der Waals surface area (Å²) in [6.07, 6.45) is 0. The number of hydrogen-bond donors (Lipinski definition) is 1. The fraction of sp³-hybridized carbons (Fsp3) is 0.150. The molecule has 1 amide bonds. The van der Waals surface area contributed by atoms with Gasteiger partial charge in [-0.05, 0) is 55.5 Å². The number of carbonyl (C=O) groups is 1. The normalized spacial score (nSPS) is 10.4. The molecule has 0 radical (unpaired) electrons. The fourth-order valence-corrected chi connectivity index (χ4v) is 3.06. The first-order valence-corrected chi connectivity index (χ1v) is 9.78. The number of anilines is 1. The number of nitrogens with zero attached hydrogens (tertiary/aromatic N) is 3. The van der Waals surface area contributed by atoms with E-state index < -0.39 is 4.92 Å². The van der Waals surface area contributed by atoms with Gasteiger partial charge < -0.3 is 10.1 Å². The van der Waals surface area contributed by atoms with Crippen LogP contribution < -0.4 is 10.1 Å². The Morgan fingerprint density at radius 3 is 2.38 bits per heavy atom. The minimum absolute atomic E-state index is 0.0208. The van der Waals surface area contributed by atoms with E-state index in [9.17, 15) is 14.9 Å². The van der Waals surface area contributed by atoms with Crippen molar-refractivity contribution in [2.45, 2.75) is 11.9 Å². The first kappa shape index (κ1) is 20.3. The third-order valence-electron chi connectivity index (χ3n) is 3.81. The lowest BCUT2D eigenvalue weighted by Crippen LogP contribution is -2.14. The van der Waals surface area contributed by atoms with Crippen LogP contribution in [0.4, 0.5) is 11.4 Å². The molecule has 148 valence electrons. The van der Waals surface area contributed by atoms with Gasteiger partial charge in [0.2, 0.25) is 5.91 Å². The molecule has 0 bridgehead atoms. The first-order chi connectivity index (χ1) is 14.0. The SMILES string of the molecule is CCOc1ccc(NC(=O)CSc2ccc(-c3ccc([N+](=O)[O-])cc3)nn2)cc1. The number of aromatic nitrogens is 2. The number of ether oxygens (including phenoxy) is 1. The van der Waals surface area contributed by atoms with Crippen molar-refractivity contribution in [3.05, 3.63) is 70.8 Å². The van der Waals surface area contributed by atoms with Gasteiger partial charge in [-0.2, -0.15) is 0 Å². The molecular formula is C20H18N4O4S. The maximum atomic E-state index is 12.1. The second-order valence-electron chi connectivity index (χ2n) is 5.86. The number of non-ortho nitro benzene ring substituents is 1. The minimum Gasteiger partial charge on any atom is -0.494 e. The summed E-state index contributed by atoms with van der Waals surface area (Å²) in [6.45, 7) is 2.50. The summed E-state index contributed by atoms with van der Waals surface area (Å²) in [5.41, 5.74) is 2.04. The van der Waals surface area contributed by atoms with Crippen molar-refractivity contribution in [3.8, 4) is 17.0 Å². The molecule has 2 aromatic carbocycles. The highest BCUT2D eigenvalue weighted by molar-refractivity contribution is 7.99. The van der Waals surface area contributed by atoms with Gasteiger partial charge in [0.1, 0.15) is 10.8 Å². The zero-order valence-corrected chi connectivity index (χ0v) is 16.4. The number of thioether (sulfide) groups is 1. The van der Waals surface area contributed by atoms with Crippen LogP contribution >= 0.6 is 11.8 Å². The Balaban J connectivity index is 1.53. The Morgan fingerprint density at radius 2 is 1.79 bits per heavy atom. The number of rotatable bonds is 8. The van der Waals surface area contributed by atoms with Crippen molar-refractivity contribution in [1.29, 1.82) is 0 Å². The van der Waals surface area contributed by atoms with E-state index in [1.54, 1.807) is 48.5 Å². The zero-order chi connectivity index (χ0) is 20.6. The average molecular weight is 410 g/mol. The molecule has 3 aromatic rings. The summed E-state index contributed by atoms with van der Waals surface area (Å²) in [5, 5.41) is 22.4. The maximum absolute atomic E-state index is 12.1. The average Bonchev–Trinajstić information content (AvgIpc) is 2.74. The monoisotopic (exact) mass is 410 g/mol. The van der Waals surface area contributed by atoms with Gasteiger partial charge in [-0.15, -0.1) is 10.2 Å². The molecule has 0 spiro atoms. The Bertz CT molecular complexity index is 977. The number of nitro benzene ring substituents is 1. The van der Waals surface area contributed by atoms with Crippen molar-refractivity contribution in [1.82, 2.24) is 10.2 Å². The molecule has 29 heavy (non-hydrogen) atoms. The number of amides is 1. The Hall–Kier alpha value is -3.46. The van der Waals surface area contributed by atoms with E-state index in [1.807, 2.05) is 6.92 Å². The lowest BCUT2D eigenvalue weighted by molar-refractivity contribution is -0.384. The Morgan fingerprint density at radius 1 is 1.07 bits per heavy atom. The summed E-state index contributed by atoms with van der Waals surface area (Å²) in [6, 6.07) is 16.8. The number of hydrogen-bond acceptors (Lipinski definition) is 7. The van der Waals surface area contributed by atoms with Crippen LogP contribution in [0.5, 0.6) is 5.75 Å². The van der Waals surface area contributed by atoms with Crippen LogP contribution in [0.1, 0.15) is 6.92 Å². The van der Waals surface area contributed by atoms with Gasteiger partial charge in [0.05, 0.1) is 23.0 Å². The molecule has 0 saturated carbocycles. The van der Waals surface area contributed by atoms with Gasteiger partial charge in [-0.1, -0.05) is 11.8 Å². The first-order valence-electron chi connectivity index (χ1n) is 8.79. The van der Waals surface area contributed by atoms with Gasteiger partial charge in [0, 0.05) is 23.4 Å². The van der Waals surface area contributed by atoms with Crippen LogP contribution in [-0.2, 0) is 4.79 Å². The van der Waals surface area contributed by atoms with E-state index in [0.717, 1.165) is 11.3 Å². The van der Waals surface area contributed by atoms with Crippen LogP contribution in [0.15, 0.2) is 65.7 Å². The van der Waals surface area contributed by atoms with Crippen molar-refractivity contribution < 1.29 is 14.5 Å². The Kier molecular flexibility index (Phi) is 6.75. The van der Waals surface area contributed by atoms with E-state index in [2.05, 4.69) is 15.5 Å². The van der Waals surface area contributed by atoms with Crippen LogP contribution in [0, 0.1) is 10.1 Å². The minimum atomic E-state index is -0.451. The molecule has 1 aromatic heterocycles. The third kappa shape index (κ3) is 5.76. The smallest absolute Gasteiger partial charge is 0.269 e. The fourth-order valence-electron chi connectivity index (χ4n) is 2.44. The molecule has 0 saturated heterocycles. The molecular weight excluding hydrogens is 392 g/mol. The van der Waals surface area contributed by atoms with Crippen LogP contribution in [-0.4, -0.2) is 33.4 Å². The topological polar surface area (TPSA) is 107 Å². The predicted octanol–water partition coefficient (Wildman–Crippen LogP) is 4.18. The number of nitro groups is 1. The van der Waals surface area contributed by atoms with E-state index in [-0.39, 0.29) is 17.3 Å². The van der Waals surface area contributed by atoms with E-state index in [1.165, 1.54) is 23.9 Å². The molecule has 0 aliphatic rings. The summed E-state index contributed by atoms with van der Waals surface area (Å²) >= 11 is 1.27. The lowest BCUT2D eigenvalue weighted by atomic mass is 10.1.